The van der Waals surface area contributed by atoms with Crippen molar-refractivity contribution >= 4 is 12.6 Å². The number of hydrogen-bond acceptors (Lipinski definition) is 6. The molecule has 32 heavy (non-hydrogen) atoms. The zero-order valence-electron chi connectivity index (χ0n) is 23.8. The average molecular weight is 478 g/mol. The molecule has 0 aliphatic rings. The SMILES string of the molecule is C=C(C)N=N.CC.CC.CC.CCC.CCCCOCCCCn1cc(CC)nn1.CS. The van der Waals surface area contributed by atoms with Crippen molar-refractivity contribution in [2.75, 3.05) is 19.5 Å². The highest BCUT2D eigenvalue weighted by Gasteiger charge is 1.97. The summed E-state index contributed by atoms with van der Waals surface area (Å²) < 4.78 is 7.41. The number of allylic oxidation sites excluding steroid dienone is 1. The third kappa shape index (κ3) is 51.4. The summed E-state index contributed by atoms with van der Waals surface area (Å²) in [6, 6.07) is 0. The van der Waals surface area contributed by atoms with Gasteiger partial charge in [0, 0.05) is 26.0 Å². The van der Waals surface area contributed by atoms with Crippen LogP contribution in [0, 0.1) is 5.53 Å². The lowest BCUT2D eigenvalue weighted by Gasteiger charge is -2.03. The number of hydrogen-bond donors (Lipinski definition) is 2. The van der Waals surface area contributed by atoms with Gasteiger partial charge in [0.25, 0.3) is 0 Å². The predicted octanol–water partition coefficient (Wildman–Crippen LogP) is 9.03. The molecular formula is C25H59N5OS. The maximum atomic E-state index is 6.18. The third-order valence-electron chi connectivity index (χ3n) is 2.71. The Morgan fingerprint density at radius 3 is 1.78 bits per heavy atom. The first kappa shape index (κ1) is 44.5. The summed E-state index contributed by atoms with van der Waals surface area (Å²) in [6.45, 7) is 28.2. The molecule has 1 aromatic heterocycles. The maximum absolute atomic E-state index is 6.18. The summed E-state index contributed by atoms with van der Waals surface area (Å²) in [5.74, 6) is 0. The van der Waals surface area contributed by atoms with Crippen LogP contribution in [-0.2, 0) is 17.7 Å². The lowest BCUT2D eigenvalue weighted by molar-refractivity contribution is 0.126. The van der Waals surface area contributed by atoms with E-state index in [4.69, 9.17) is 10.3 Å². The van der Waals surface area contributed by atoms with Crippen molar-refractivity contribution in [3.05, 3.63) is 24.2 Å². The molecule has 1 rings (SSSR count). The molecule has 0 atom stereocenters. The largest absolute Gasteiger partial charge is 0.381 e. The molecule has 0 radical (unpaired) electrons. The number of rotatable bonds is 10. The molecule has 1 N–H and O–H groups in total. The Labute approximate surface area is 207 Å². The molecule has 0 aromatic carbocycles. The van der Waals surface area contributed by atoms with Gasteiger partial charge >= 0.3 is 0 Å². The minimum absolute atomic E-state index is 0.546. The zero-order chi connectivity index (χ0) is 26.6. The van der Waals surface area contributed by atoms with Crippen LogP contribution in [0.1, 0.15) is 114 Å². The molecule has 1 heterocycles. The van der Waals surface area contributed by atoms with E-state index in [9.17, 15) is 0 Å². The van der Waals surface area contributed by atoms with E-state index < -0.39 is 0 Å². The first-order valence-corrected chi connectivity index (χ1v) is 13.4. The molecular weight excluding hydrogens is 418 g/mol. The van der Waals surface area contributed by atoms with Gasteiger partial charge in [-0.2, -0.15) is 17.7 Å². The third-order valence-corrected chi connectivity index (χ3v) is 2.71. The molecule has 0 bridgehead atoms. The van der Waals surface area contributed by atoms with E-state index in [1.807, 2.05) is 52.4 Å². The Hall–Kier alpha value is -1.21. The van der Waals surface area contributed by atoms with Crippen molar-refractivity contribution in [2.45, 2.75) is 121 Å². The van der Waals surface area contributed by atoms with E-state index in [0.29, 0.717) is 5.70 Å². The summed E-state index contributed by atoms with van der Waals surface area (Å²) in [4.78, 5) is 0. The summed E-state index contributed by atoms with van der Waals surface area (Å²) in [5, 5.41) is 11.1. The van der Waals surface area contributed by atoms with Gasteiger partial charge in [-0.15, -0.1) is 5.10 Å². The summed E-state index contributed by atoms with van der Waals surface area (Å²) >= 11 is 3.53. The van der Waals surface area contributed by atoms with E-state index in [-0.39, 0.29) is 0 Å². The topological polar surface area (TPSA) is 76.2 Å². The van der Waals surface area contributed by atoms with E-state index in [0.717, 1.165) is 44.7 Å². The first-order valence-electron chi connectivity index (χ1n) is 12.5. The van der Waals surface area contributed by atoms with E-state index in [2.05, 4.69) is 62.3 Å². The van der Waals surface area contributed by atoms with Crippen molar-refractivity contribution in [2.24, 2.45) is 5.11 Å². The van der Waals surface area contributed by atoms with Gasteiger partial charge < -0.3 is 4.74 Å². The average Bonchev–Trinajstić information content (AvgIpc) is 3.32. The van der Waals surface area contributed by atoms with Crippen LogP contribution >= 0.6 is 12.6 Å². The van der Waals surface area contributed by atoms with Crippen LogP contribution in [0.4, 0.5) is 0 Å². The molecule has 0 aliphatic carbocycles. The minimum atomic E-state index is 0.546. The molecule has 0 fully saturated rings. The van der Waals surface area contributed by atoms with Gasteiger partial charge in [-0.05, 0) is 38.9 Å². The second-order valence-corrected chi connectivity index (χ2v) is 5.55. The Morgan fingerprint density at radius 2 is 1.44 bits per heavy atom. The lowest BCUT2D eigenvalue weighted by Crippen LogP contribution is -2.02. The molecule has 0 spiro atoms. The van der Waals surface area contributed by atoms with Crippen molar-refractivity contribution in [1.82, 2.24) is 15.0 Å². The number of nitrogens with one attached hydrogen (secondary N) is 1. The Morgan fingerprint density at radius 1 is 1.00 bits per heavy atom. The molecule has 196 valence electrons. The van der Waals surface area contributed by atoms with Gasteiger partial charge in [0.05, 0.1) is 11.4 Å². The van der Waals surface area contributed by atoms with Gasteiger partial charge in [0.15, 0.2) is 0 Å². The number of aromatic nitrogens is 3. The quantitative estimate of drug-likeness (QED) is 0.200. The highest BCUT2D eigenvalue weighted by molar-refractivity contribution is 7.79. The van der Waals surface area contributed by atoms with Crippen LogP contribution in [0.25, 0.3) is 0 Å². The zero-order valence-corrected chi connectivity index (χ0v) is 24.7. The summed E-state index contributed by atoms with van der Waals surface area (Å²) in [6.07, 6.45) is 10.5. The first-order chi connectivity index (χ1) is 15.5. The van der Waals surface area contributed by atoms with Crippen molar-refractivity contribution in [3.63, 3.8) is 0 Å². The second kappa shape index (κ2) is 52.0. The van der Waals surface area contributed by atoms with Gasteiger partial charge in [0.1, 0.15) is 0 Å². The molecule has 0 amide bonds. The molecule has 0 aliphatic heterocycles. The monoisotopic (exact) mass is 477 g/mol. The summed E-state index contributed by atoms with van der Waals surface area (Å²) in [5.41, 5.74) is 7.80. The van der Waals surface area contributed by atoms with Gasteiger partial charge in [-0.25, -0.2) is 5.53 Å². The fourth-order valence-electron chi connectivity index (χ4n) is 1.44. The Balaban J connectivity index is -0.0000000878. The van der Waals surface area contributed by atoms with Gasteiger partial charge in [-0.1, -0.05) is 93.9 Å². The fourth-order valence-corrected chi connectivity index (χ4v) is 1.44. The van der Waals surface area contributed by atoms with Gasteiger partial charge in [-0.3, -0.25) is 4.68 Å². The highest BCUT2D eigenvalue weighted by Crippen LogP contribution is 1.98. The maximum Gasteiger partial charge on any atom is 0.0824 e. The van der Waals surface area contributed by atoms with Crippen molar-refractivity contribution in [1.29, 1.82) is 5.53 Å². The van der Waals surface area contributed by atoms with Gasteiger partial charge in [0.2, 0.25) is 0 Å². The van der Waals surface area contributed by atoms with Crippen molar-refractivity contribution in [3.8, 4) is 0 Å². The molecule has 7 heteroatoms. The van der Waals surface area contributed by atoms with E-state index in [1.165, 1.54) is 19.3 Å². The number of ether oxygens (including phenoxy) is 1. The molecule has 0 saturated heterocycles. The van der Waals surface area contributed by atoms with Crippen LogP contribution in [0.15, 0.2) is 23.6 Å². The number of aryl methyl sites for hydroxylation is 2. The van der Waals surface area contributed by atoms with Crippen LogP contribution < -0.4 is 0 Å². The highest BCUT2D eigenvalue weighted by atomic mass is 32.1. The van der Waals surface area contributed by atoms with E-state index in [1.54, 1.807) is 13.2 Å². The fraction of sp³-hybridized carbons (Fsp3) is 0.840. The Bertz CT molecular complexity index is 413. The molecule has 1 aromatic rings. The molecule has 0 unspecified atom stereocenters. The predicted molar refractivity (Wildman–Crippen MR) is 149 cm³/mol. The van der Waals surface area contributed by atoms with E-state index >= 15 is 0 Å². The smallest absolute Gasteiger partial charge is 0.0824 e. The van der Waals surface area contributed by atoms with Crippen molar-refractivity contribution < 1.29 is 4.74 Å². The summed E-state index contributed by atoms with van der Waals surface area (Å²) in [7, 11) is 0. The lowest BCUT2D eigenvalue weighted by atomic mass is 10.3. The number of nitrogens with zero attached hydrogens (tertiary/aromatic N) is 4. The second-order valence-electron chi connectivity index (χ2n) is 5.55. The number of unbranched alkanes of at least 4 members (excludes halogenated alkanes) is 2. The Kier molecular flexibility index (Phi) is 72.3. The van der Waals surface area contributed by atoms with Crippen LogP contribution in [0.5, 0.6) is 0 Å². The van der Waals surface area contributed by atoms with Crippen LogP contribution in [0.2, 0.25) is 0 Å². The van der Waals surface area contributed by atoms with Crippen LogP contribution in [0.3, 0.4) is 0 Å². The standard InChI is InChI=1S/C12H23N3O.C3H6N2.C3H8.3C2H6.CH4S/c1-3-5-9-16-10-7-6-8-15-11-12(4-2)13-14-15;1-3(2)5-4;1-3-2;4*1-2/h11H,3-10H2,1-2H3;4H,1H2,2H3;3H2,1-2H3;3*1-2H3;2H,1H3. The minimum Gasteiger partial charge on any atom is -0.381 e. The number of thiol groups is 1. The van der Waals surface area contributed by atoms with Crippen LogP contribution in [-0.4, -0.2) is 34.5 Å². The molecule has 6 nitrogen and oxygen atoms in total. The normalized spacial score (nSPS) is 7.78. The molecule has 0 saturated carbocycles.